The monoisotopic (exact) mass is 198 g/mol. The highest BCUT2D eigenvalue weighted by Gasteiger charge is 2.11. The Morgan fingerprint density at radius 2 is 1.93 bits per heavy atom. The van der Waals surface area contributed by atoms with Crippen LogP contribution in [0, 0.1) is 5.92 Å². The summed E-state index contributed by atoms with van der Waals surface area (Å²) < 4.78 is 0. The Kier molecular flexibility index (Phi) is 6.21. The first-order chi connectivity index (χ1) is 6.47. The molecule has 14 heavy (non-hydrogen) atoms. The number of rotatable bonds is 6. The first-order valence-corrected chi connectivity index (χ1v) is 5.03. The molecule has 0 N–H and O–H groups in total. The molecule has 0 spiro atoms. The molecule has 0 aliphatic rings. The molecule has 0 heterocycles. The molecule has 0 aliphatic carbocycles. The van der Waals surface area contributed by atoms with Gasteiger partial charge in [-0.1, -0.05) is 20.4 Å². The van der Waals surface area contributed by atoms with Crippen molar-refractivity contribution in [3.8, 4) is 0 Å². The van der Waals surface area contributed by atoms with Gasteiger partial charge in [0.05, 0.1) is 0 Å². The molecule has 0 rings (SSSR count). The van der Waals surface area contributed by atoms with E-state index in [0.29, 0.717) is 5.92 Å². The molecule has 0 aromatic heterocycles. The molecule has 0 fully saturated rings. The van der Waals surface area contributed by atoms with Gasteiger partial charge in [0.1, 0.15) is 0 Å². The van der Waals surface area contributed by atoms with Crippen molar-refractivity contribution in [2.45, 2.75) is 13.8 Å². The second-order valence-electron chi connectivity index (χ2n) is 4.19. The molecule has 0 aromatic rings. The van der Waals surface area contributed by atoms with Crippen molar-refractivity contribution in [1.29, 1.82) is 0 Å². The van der Waals surface area contributed by atoms with E-state index < -0.39 is 0 Å². The quantitative estimate of drug-likeness (QED) is 0.599. The fourth-order valence-corrected chi connectivity index (χ4v) is 1.18. The van der Waals surface area contributed by atoms with E-state index in [9.17, 15) is 4.79 Å². The number of carbonyl (C=O) groups is 1. The van der Waals surface area contributed by atoms with Gasteiger partial charge in [-0.05, 0) is 26.1 Å². The van der Waals surface area contributed by atoms with Gasteiger partial charge in [0, 0.05) is 19.6 Å². The van der Waals surface area contributed by atoms with Gasteiger partial charge in [-0.2, -0.15) is 0 Å². The van der Waals surface area contributed by atoms with E-state index >= 15 is 0 Å². The van der Waals surface area contributed by atoms with Gasteiger partial charge in [-0.3, -0.25) is 4.79 Å². The van der Waals surface area contributed by atoms with Crippen LogP contribution in [0.2, 0.25) is 0 Å². The molecule has 0 unspecified atom stereocenters. The van der Waals surface area contributed by atoms with Crippen molar-refractivity contribution < 1.29 is 4.79 Å². The third-order valence-electron chi connectivity index (χ3n) is 1.89. The number of likely N-dealkylation sites (N-methyl/N-ethyl adjacent to an activating group) is 1. The minimum absolute atomic E-state index is 0.0283. The summed E-state index contributed by atoms with van der Waals surface area (Å²) in [5.41, 5.74) is 0. The van der Waals surface area contributed by atoms with E-state index in [-0.39, 0.29) is 5.91 Å². The average molecular weight is 198 g/mol. The highest BCUT2D eigenvalue weighted by atomic mass is 16.2. The third kappa shape index (κ3) is 5.75. The second-order valence-corrected chi connectivity index (χ2v) is 4.19. The zero-order valence-electron chi connectivity index (χ0n) is 9.79. The Morgan fingerprint density at radius 3 is 2.29 bits per heavy atom. The number of hydrogen-bond acceptors (Lipinski definition) is 2. The van der Waals surface area contributed by atoms with E-state index in [1.807, 2.05) is 19.0 Å². The molecule has 3 heteroatoms. The van der Waals surface area contributed by atoms with E-state index in [0.717, 1.165) is 19.6 Å². The molecule has 82 valence electrons. The lowest BCUT2D eigenvalue weighted by Gasteiger charge is -2.24. The summed E-state index contributed by atoms with van der Waals surface area (Å²) >= 11 is 0. The van der Waals surface area contributed by atoms with Crippen LogP contribution in [0.5, 0.6) is 0 Å². The highest BCUT2D eigenvalue weighted by Crippen LogP contribution is 1.99. The third-order valence-corrected chi connectivity index (χ3v) is 1.89. The van der Waals surface area contributed by atoms with Crippen LogP contribution in [0.1, 0.15) is 13.8 Å². The van der Waals surface area contributed by atoms with Crippen molar-refractivity contribution in [2.24, 2.45) is 5.92 Å². The van der Waals surface area contributed by atoms with Crippen molar-refractivity contribution in [3.05, 3.63) is 12.7 Å². The van der Waals surface area contributed by atoms with Gasteiger partial charge in [-0.15, -0.1) is 0 Å². The van der Waals surface area contributed by atoms with E-state index in [1.165, 1.54) is 6.08 Å². The smallest absolute Gasteiger partial charge is 0.246 e. The number of carbonyl (C=O) groups excluding carboxylic acids is 1. The summed E-state index contributed by atoms with van der Waals surface area (Å²) in [6, 6.07) is 0. The van der Waals surface area contributed by atoms with Crippen LogP contribution in [0.15, 0.2) is 12.7 Å². The first kappa shape index (κ1) is 13.2. The van der Waals surface area contributed by atoms with Gasteiger partial charge < -0.3 is 9.80 Å². The van der Waals surface area contributed by atoms with Crippen LogP contribution < -0.4 is 0 Å². The number of hydrogen-bond donors (Lipinski definition) is 0. The molecule has 0 aromatic carbocycles. The van der Waals surface area contributed by atoms with Crippen LogP contribution in [0.3, 0.4) is 0 Å². The van der Waals surface area contributed by atoms with Crippen LogP contribution in [-0.4, -0.2) is 49.4 Å². The average Bonchev–Trinajstić information content (AvgIpc) is 2.10. The lowest BCUT2D eigenvalue weighted by atomic mass is 10.2. The Hall–Kier alpha value is -0.830. The van der Waals surface area contributed by atoms with Gasteiger partial charge in [0.15, 0.2) is 0 Å². The number of nitrogens with zero attached hydrogens (tertiary/aromatic N) is 2. The summed E-state index contributed by atoms with van der Waals surface area (Å²) in [6.45, 7) is 10.2. The molecule has 0 saturated heterocycles. The van der Waals surface area contributed by atoms with Crippen LogP contribution in [0.25, 0.3) is 0 Å². The van der Waals surface area contributed by atoms with E-state index in [1.54, 1.807) is 0 Å². The Morgan fingerprint density at radius 1 is 1.36 bits per heavy atom. The summed E-state index contributed by atoms with van der Waals surface area (Å²) in [7, 11) is 4.01. The van der Waals surface area contributed by atoms with Crippen LogP contribution in [0.4, 0.5) is 0 Å². The minimum Gasteiger partial charge on any atom is -0.338 e. The maximum Gasteiger partial charge on any atom is 0.246 e. The molecule has 0 aliphatic heterocycles. The van der Waals surface area contributed by atoms with Crippen molar-refractivity contribution in [3.63, 3.8) is 0 Å². The molecule has 0 saturated carbocycles. The molecule has 0 radical (unpaired) electrons. The van der Waals surface area contributed by atoms with Gasteiger partial charge in [0.25, 0.3) is 0 Å². The van der Waals surface area contributed by atoms with Gasteiger partial charge in [-0.25, -0.2) is 0 Å². The summed E-state index contributed by atoms with van der Waals surface area (Å²) in [5.74, 6) is 0.529. The van der Waals surface area contributed by atoms with Crippen molar-refractivity contribution in [2.75, 3.05) is 33.7 Å². The molecule has 3 nitrogen and oxygen atoms in total. The highest BCUT2D eigenvalue weighted by molar-refractivity contribution is 5.86. The van der Waals surface area contributed by atoms with Gasteiger partial charge in [0.2, 0.25) is 5.91 Å². The zero-order chi connectivity index (χ0) is 11.1. The minimum atomic E-state index is 0.0283. The summed E-state index contributed by atoms with van der Waals surface area (Å²) in [6.07, 6.45) is 1.39. The second kappa shape index (κ2) is 6.60. The van der Waals surface area contributed by atoms with Crippen molar-refractivity contribution >= 4 is 5.91 Å². The van der Waals surface area contributed by atoms with Crippen LogP contribution in [-0.2, 0) is 4.79 Å². The maximum atomic E-state index is 11.4. The molecular formula is C11H22N2O. The zero-order valence-corrected chi connectivity index (χ0v) is 9.79. The normalized spacial score (nSPS) is 10.7. The van der Waals surface area contributed by atoms with E-state index in [2.05, 4.69) is 25.3 Å². The summed E-state index contributed by atoms with van der Waals surface area (Å²) in [4.78, 5) is 15.4. The Labute approximate surface area is 87.4 Å². The lowest BCUT2D eigenvalue weighted by Crippen LogP contribution is -2.37. The SMILES string of the molecule is C=CC(=O)N(CCN(C)C)CC(C)C. The molecular weight excluding hydrogens is 176 g/mol. The topological polar surface area (TPSA) is 23.6 Å². The molecule has 1 amide bonds. The van der Waals surface area contributed by atoms with E-state index in [4.69, 9.17) is 0 Å². The first-order valence-electron chi connectivity index (χ1n) is 5.03. The number of amides is 1. The summed E-state index contributed by atoms with van der Waals surface area (Å²) in [5, 5.41) is 0. The Bertz CT molecular complexity index is 188. The largest absolute Gasteiger partial charge is 0.338 e. The molecule has 0 atom stereocenters. The van der Waals surface area contributed by atoms with Crippen molar-refractivity contribution in [1.82, 2.24) is 9.80 Å². The molecule has 0 bridgehead atoms. The standard InChI is InChI=1S/C11H22N2O/c1-6-11(14)13(9-10(2)3)8-7-12(4)5/h6,10H,1,7-9H2,2-5H3. The maximum absolute atomic E-state index is 11.4. The van der Waals surface area contributed by atoms with Gasteiger partial charge >= 0.3 is 0 Å². The fraction of sp³-hybridized carbons (Fsp3) is 0.727. The predicted octanol–water partition coefficient (Wildman–Crippen LogP) is 1.22. The van der Waals surface area contributed by atoms with Crippen LogP contribution >= 0.6 is 0 Å². The Balaban J connectivity index is 4.10. The predicted molar refractivity (Wildman–Crippen MR) is 60.2 cm³/mol. The lowest BCUT2D eigenvalue weighted by molar-refractivity contribution is -0.126. The fourth-order valence-electron chi connectivity index (χ4n) is 1.18.